The van der Waals surface area contributed by atoms with Gasteiger partial charge in [-0.15, -0.1) is 15.3 Å². The van der Waals surface area contributed by atoms with E-state index < -0.39 is 11.7 Å². The second kappa shape index (κ2) is 9.78. The van der Waals surface area contributed by atoms with Crippen molar-refractivity contribution in [1.82, 2.24) is 40.9 Å². The first-order chi connectivity index (χ1) is 18.5. The smallest absolute Gasteiger partial charge is 0.347 e. The molecule has 0 atom stereocenters. The van der Waals surface area contributed by atoms with Gasteiger partial charge >= 0.3 is 6.18 Å². The van der Waals surface area contributed by atoms with Gasteiger partial charge in [-0.05, 0) is 79.6 Å². The molecule has 198 valence electrons. The maximum Gasteiger partial charge on any atom is 0.416 e. The van der Waals surface area contributed by atoms with Crippen molar-refractivity contribution in [3.63, 3.8) is 0 Å². The summed E-state index contributed by atoms with van der Waals surface area (Å²) in [6.45, 7) is 5.74. The van der Waals surface area contributed by atoms with Crippen LogP contribution < -0.4 is 5.32 Å². The monoisotopic (exact) mass is 532 g/mol. The van der Waals surface area contributed by atoms with Crippen molar-refractivity contribution in [3.8, 4) is 39.5 Å². The molecular formula is C27H23F3N8O. The highest BCUT2D eigenvalue weighted by Crippen LogP contribution is 2.32. The van der Waals surface area contributed by atoms with Crippen molar-refractivity contribution >= 4 is 5.91 Å². The minimum Gasteiger partial charge on any atom is -0.347 e. The molecule has 2 heterocycles. The minimum atomic E-state index is -4.42. The number of tetrazole rings is 1. The fourth-order valence-corrected chi connectivity index (χ4v) is 3.90. The number of hydrogen-bond acceptors (Lipinski definition) is 6. The summed E-state index contributed by atoms with van der Waals surface area (Å²) in [5, 5.41) is 25.5. The molecule has 0 saturated carbocycles. The first kappa shape index (κ1) is 25.8. The van der Waals surface area contributed by atoms with Gasteiger partial charge in [-0.1, -0.05) is 29.5 Å². The summed E-state index contributed by atoms with van der Waals surface area (Å²) < 4.78 is 40.3. The van der Waals surface area contributed by atoms with Gasteiger partial charge < -0.3 is 5.32 Å². The van der Waals surface area contributed by atoms with E-state index >= 15 is 0 Å². The van der Waals surface area contributed by atoms with Crippen molar-refractivity contribution in [2.75, 3.05) is 0 Å². The minimum absolute atomic E-state index is 0.173. The Labute approximate surface area is 221 Å². The second-order valence-electron chi connectivity index (χ2n) is 9.91. The number of alkyl halides is 3. The molecule has 5 rings (SSSR count). The van der Waals surface area contributed by atoms with Gasteiger partial charge in [0.1, 0.15) is 5.69 Å². The molecule has 0 saturated heterocycles. The zero-order valence-corrected chi connectivity index (χ0v) is 21.2. The number of carbonyl (C=O) groups excluding carboxylic acids is 1. The van der Waals surface area contributed by atoms with Crippen LogP contribution in [-0.4, -0.2) is 47.1 Å². The number of H-pyrrole nitrogens is 1. The van der Waals surface area contributed by atoms with Crippen LogP contribution >= 0.6 is 0 Å². The number of rotatable bonds is 5. The number of halogens is 3. The van der Waals surface area contributed by atoms with Crippen LogP contribution in [0.2, 0.25) is 0 Å². The zero-order chi connectivity index (χ0) is 27.8. The maximum atomic E-state index is 12.9. The largest absolute Gasteiger partial charge is 0.416 e. The van der Waals surface area contributed by atoms with E-state index in [1.165, 1.54) is 16.8 Å². The third kappa shape index (κ3) is 5.84. The van der Waals surface area contributed by atoms with Gasteiger partial charge in [0.2, 0.25) is 5.82 Å². The van der Waals surface area contributed by atoms with Gasteiger partial charge in [0.05, 0.1) is 17.4 Å². The number of nitrogens with one attached hydrogen (secondary N) is 2. The van der Waals surface area contributed by atoms with Gasteiger partial charge in [0.25, 0.3) is 5.91 Å². The molecule has 39 heavy (non-hydrogen) atoms. The Morgan fingerprint density at radius 1 is 0.846 bits per heavy atom. The Morgan fingerprint density at radius 3 is 2.13 bits per heavy atom. The molecule has 2 N–H and O–H groups in total. The molecule has 0 aliphatic rings. The molecule has 0 aliphatic heterocycles. The molecule has 1 amide bonds. The number of nitrogens with zero attached hydrogens (tertiary/aromatic N) is 6. The Morgan fingerprint density at radius 2 is 1.51 bits per heavy atom. The summed E-state index contributed by atoms with van der Waals surface area (Å²) in [6, 6.07) is 17.5. The summed E-state index contributed by atoms with van der Waals surface area (Å²) >= 11 is 0. The summed E-state index contributed by atoms with van der Waals surface area (Å²) in [7, 11) is 0. The lowest BCUT2D eigenvalue weighted by Crippen LogP contribution is -2.40. The number of aromatic amines is 1. The summed E-state index contributed by atoms with van der Waals surface area (Å²) in [6.07, 6.45) is -2.79. The van der Waals surface area contributed by atoms with E-state index in [2.05, 4.69) is 36.3 Å². The predicted octanol–water partition coefficient (Wildman–Crippen LogP) is 5.33. The van der Waals surface area contributed by atoms with E-state index in [0.29, 0.717) is 33.9 Å². The number of amides is 1. The van der Waals surface area contributed by atoms with Crippen molar-refractivity contribution < 1.29 is 18.0 Å². The van der Waals surface area contributed by atoms with Crippen LogP contribution in [0.1, 0.15) is 36.7 Å². The number of benzene rings is 3. The summed E-state index contributed by atoms with van der Waals surface area (Å²) in [4.78, 5) is 12.5. The fourth-order valence-electron chi connectivity index (χ4n) is 3.90. The van der Waals surface area contributed by atoms with E-state index in [0.717, 1.165) is 23.3 Å². The highest BCUT2D eigenvalue weighted by Gasteiger charge is 2.30. The van der Waals surface area contributed by atoms with Crippen molar-refractivity contribution in [2.45, 2.75) is 32.5 Å². The van der Waals surface area contributed by atoms with Gasteiger partial charge in [-0.3, -0.25) is 4.79 Å². The molecule has 5 aromatic rings. The van der Waals surface area contributed by atoms with Crippen LogP contribution in [-0.2, 0) is 6.18 Å². The highest BCUT2D eigenvalue weighted by molar-refractivity contribution is 5.95. The van der Waals surface area contributed by atoms with Crippen LogP contribution in [0.3, 0.4) is 0 Å². The number of carbonyl (C=O) groups is 1. The third-order valence-corrected chi connectivity index (χ3v) is 5.76. The van der Waals surface area contributed by atoms with E-state index in [1.807, 2.05) is 45.0 Å². The standard InChI is InChI=1S/C27H23F3N8O/c1-26(2,3)31-25(39)18-6-4-16(5-7-18)19-12-20(24-33-35-36-34-24)14-22(13-19)38-15-23(32-37-38)17-8-10-21(11-9-17)27(28,29)30/h4-15H,1-3H3,(H,31,39)(H,33,34,35,36). The van der Waals surface area contributed by atoms with Crippen LogP contribution in [0, 0.1) is 0 Å². The van der Waals surface area contributed by atoms with E-state index in [-0.39, 0.29) is 11.4 Å². The number of hydrogen-bond donors (Lipinski definition) is 2. The molecule has 12 heteroatoms. The Hall–Kier alpha value is -4.87. The summed E-state index contributed by atoms with van der Waals surface area (Å²) in [5.74, 6) is 0.191. The SMILES string of the molecule is CC(C)(C)NC(=O)c1ccc(-c2cc(-c3nn[nH]n3)cc(-n3cc(-c4ccc(C(F)(F)F)cc4)nn3)c2)cc1. The average molecular weight is 533 g/mol. The van der Waals surface area contributed by atoms with Gasteiger partial charge in [-0.2, -0.15) is 18.4 Å². The molecule has 2 aromatic heterocycles. The van der Waals surface area contributed by atoms with Gasteiger partial charge in [0, 0.05) is 22.2 Å². The normalized spacial score (nSPS) is 11.9. The predicted molar refractivity (Wildman–Crippen MR) is 138 cm³/mol. The first-order valence-electron chi connectivity index (χ1n) is 11.9. The fraction of sp³-hybridized carbons (Fsp3) is 0.185. The molecule has 9 nitrogen and oxygen atoms in total. The lowest BCUT2D eigenvalue weighted by atomic mass is 10.00. The topological polar surface area (TPSA) is 114 Å². The maximum absolute atomic E-state index is 12.9. The lowest BCUT2D eigenvalue weighted by molar-refractivity contribution is -0.137. The van der Waals surface area contributed by atoms with Crippen LogP contribution in [0.25, 0.3) is 39.5 Å². The molecule has 0 aliphatic carbocycles. The van der Waals surface area contributed by atoms with Gasteiger partial charge in [0.15, 0.2) is 0 Å². The molecule has 3 aromatic carbocycles. The van der Waals surface area contributed by atoms with E-state index in [4.69, 9.17) is 0 Å². The van der Waals surface area contributed by atoms with Gasteiger partial charge in [-0.25, -0.2) is 4.68 Å². The molecule has 0 unspecified atom stereocenters. The molecule has 0 fully saturated rings. The van der Waals surface area contributed by atoms with Crippen LogP contribution in [0.4, 0.5) is 13.2 Å². The molecular weight excluding hydrogens is 509 g/mol. The quantitative estimate of drug-likeness (QED) is 0.316. The zero-order valence-electron chi connectivity index (χ0n) is 21.2. The van der Waals surface area contributed by atoms with Crippen LogP contribution in [0.15, 0.2) is 72.9 Å². The first-order valence-corrected chi connectivity index (χ1v) is 11.9. The highest BCUT2D eigenvalue weighted by atomic mass is 19.4. The summed E-state index contributed by atoms with van der Waals surface area (Å²) in [5.41, 5.74) is 3.22. The average Bonchev–Trinajstić information content (AvgIpc) is 3.60. The van der Waals surface area contributed by atoms with E-state index in [1.54, 1.807) is 24.4 Å². The Balaban J connectivity index is 1.49. The van der Waals surface area contributed by atoms with Crippen molar-refractivity contribution in [1.29, 1.82) is 0 Å². The number of aromatic nitrogens is 7. The molecule has 0 radical (unpaired) electrons. The molecule has 0 bridgehead atoms. The second-order valence-corrected chi connectivity index (χ2v) is 9.91. The molecule has 0 spiro atoms. The van der Waals surface area contributed by atoms with Crippen molar-refractivity contribution in [3.05, 3.63) is 84.1 Å². The van der Waals surface area contributed by atoms with Crippen molar-refractivity contribution in [2.24, 2.45) is 0 Å². The van der Waals surface area contributed by atoms with E-state index in [9.17, 15) is 18.0 Å². The Kier molecular flexibility index (Phi) is 6.46. The third-order valence-electron chi connectivity index (χ3n) is 5.76. The lowest BCUT2D eigenvalue weighted by Gasteiger charge is -2.20. The Bertz CT molecular complexity index is 1600. The van der Waals surface area contributed by atoms with Crippen LogP contribution in [0.5, 0.6) is 0 Å².